The average molecular weight is 885 g/mol. The summed E-state index contributed by atoms with van der Waals surface area (Å²) < 4.78 is 10.6. The van der Waals surface area contributed by atoms with E-state index in [4.69, 9.17) is 9.47 Å². The topological polar surface area (TPSA) is 72.8 Å². The maximum atomic E-state index is 12.3. The molecule has 1 atom stereocenters. The molecule has 64 heavy (non-hydrogen) atoms. The lowest BCUT2D eigenvalue weighted by atomic mass is 10.0. The van der Waals surface area contributed by atoms with Crippen LogP contribution in [0.1, 0.15) is 219 Å². The monoisotopic (exact) mass is 885 g/mol. The third-order valence-electron chi connectivity index (χ3n) is 10.8. The number of carbonyl (C=O) groups excluding carboxylic acids is 2. The molecule has 0 saturated carbocycles. The molecule has 0 rings (SSSR count). The quantitative estimate of drug-likeness (QED) is 0.0375. The van der Waals surface area contributed by atoms with Crippen LogP contribution in [0.15, 0.2) is 122 Å². The summed E-state index contributed by atoms with van der Waals surface area (Å²) in [7, 11) is 0. The highest BCUT2D eigenvalue weighted by atomic mass is 16.6. The Morgan fingerprint density at radius 3 is 1.02 bits per heavy atom. The van der Waals surface area contributed by atoms with Gasteiger partial charge in [-0.2, -0.15) is 0 Å². The van der Waals surface area contributed by atoms with Crippen molar-refractivity contribution in [3.63, 3.8) is 0 Å². The number of aliphatic hydroxyl groups is 1. The second-order valence-electron chi connectivity index (χ2n) is 16.9. The molecule has 0 aliphatic carbocycles. The van der Waals surface area contributed by atoms with Gasteiger partial charge >= 0.3 is 11.9 Å². The summed E-state index contributed by atoms with van der Waals surface area (Å²) >= 11 is 0. The van der Waals surface area contributed by atoms with Crippen LogP contribution in [-0.2, 0) is 19.1 Å². The molecule has 0 saturated heterocycles. The molecule has 0 aromatic heterocycles. The molecule has 362 valence electrons. The summed E-state index contributed by atoms with van der Waals surface area (Å²) in [6, 6.07) is 0. The molecule has 0 fully saturated rings. The molecule has 1 unspecified atom stereocenters. The number of aliphatic hydroxyl groups excluding tert-OH is 1. The van der Waals surface area contributed by atoms with Gasteiger partial charge in [-0.05, 0) is 89.9 Å². The van der Waals surface area contributed by atoms with Crippen molar-refractivity contribution >= 4 is 11.9 Å². The Kier molecular flexibility index (Phi) is 50.5. The van der Waals surface area contributed by atoms with Gasteiger partial charge in [0, 0.05) is 12.8 Å². The predicted octanol–water partition coefficient (Wildman–Crippen LogP) is 17.5. The van der Waals surface area contributed by atoms with E-state index in [-0.39, 0.29) is 25.2 Å². The van der Waals surface area contributed by atoms with Crippen LogP contribution >= 0.6 is 0 Å². The van der Waals surface area contributed by atoms with Crippen molar-refractivity contribution in [3.05, 3.63) is 122 Å². The van der Waals surface area contributed by atoms with Gasteiger partial charge in [-0.1, -0.05) is 238 Å². The van der Waals surface area contributed by atoms with Crippen LogP contribution in [0.2, 0.25) is 0 Å². The minimum absolute atomic E-state index is 0.0884. The summed E-state index contributed by atoms with van der Waals surface area (Å²) in [5, 5.41) is 9.62. The lowest BCUT2D eigenvalue weighted by molar-refractivity contribution is -0.161. The van der Waals surface area contributed by atoms with Crippen molar-refractivity contribution in [2.24, 2.45) is 0 Å². The van der Waals surface area contributed by atoms with Crippen molar-refractivity contribution < 1.29 is 24.2 Å². The van der Waals surface area contributed by atoms with E-state index < -0.39 is 6.10 Å². The number of ether oxygens (including phenoxy) is 2. The molecule has 5 heteroatoms. The normalized spacial score (nSPS) is 13.2. The molecular formula is C59H96O5. The molecule has 0 aliphatic heterocycles. The molecule has 0 aliphatic rings. The van der Waals surface area contributed by atoms with E-state index in [0.29, 0.717) is 12.8 Å². The zero-order valence-electron chi connectivity index (χ0n) is 41.2. The second-order valence-corrected chi connectivity index (χ2v) is 16.9. The van der Waals surface area contributed by atoms with Crippen molar-refractivity contribution in [1.29, 1.82) is 0 Å². The highest BCUT2D eigenvalue weighted by Crippen LogP contribution is 2.15. The highest BCUT2D eigenvalue weighted by Gasteiger charge is 2.16. The van der Waals surface area contributed by atoms with Crippen molar-refractivity contribution in [2.75, 3.05) is 13.2 Å². The largest absolute Gasteiger partial charge is 0.462 e. The van der Waals surface area contributed by atoms with E-state index in [1.54, 1.807) is 0 Å². The summed E-state index contributed by atoms with van der Waals surface area (Å²) in [6.07, 6.45) is 78.6. The first-order valence-corrected chi connectivity index (χ1v) is 26.1. The number of hydrogen-bond donors (Lipinski definition) is 1. The molecule has 0 bridgehead atoms. The Labute approximate surface area is 394 Å². The third-order valence-corrected chi connectivity index (χ3v) is 10.8. The Bertz CT molecular complexity index is 1320. The van der Waals surface area contributed by atoms with E-state index in [9.17, 15) is 14.7 Å². The zero-order valence-corrected chi connectivity index (χ0v) is 41.2. The van der Waals surface area contributed by atoms with Crippen LogP contribution in [0.3, 0.4) is 0 Å². The van der Waals surface area contributed by atoms with E-state index >= 15 is 0 Å². The van der Waals surface area contributed by atoms with Crippen LogP contribution in [0.25, 0.3) is 0 Å². The van der Waals surface area contributed by atoms with Gasteiger partial charge in [0.1, 0.15) is 6.61 Å². The smallest absolute Gasteiger partial charge is 0.306 e. The van der Waals surface area contributed by atoms with E-state index in [2.05, 4.69) is 135 Å². The van der Waals surface area contributed by atoms with Crippen molar-refractivity contribution in [3.8, 4) is 0 Å². The minimum atomic E-state index is -0.802. The highest BCUT2D eigenvalue weighted by molar-refractivity contribution is 5.70. The first-order valence-electron chi connectivity index (χ1n) is 26.1. The fourth-order valence-corrected chi connectivity index (χ4v) is 6.88. The fourth-order valence-electron chi connectivity index (χ4n) is 6.88. The van der Waals surface area contributed by atoms with Crippen molar-refractivity contribution in [1.82, 2.24) is 0 Å². The first kappa shape index (κ1) is 60.3. The Morgan fingerprint density at radius 2 is 0.672 bits per heavy atom. The van der Waals surface area contributed by atoms with Crippen molar-refractivity contribution in [2.45, 2.75) is 225 Å². The van der Waals surface area contributed by atoms with Crippen LogP contribution in [0.4, 0.5) is 0 Å². The third kappa shape index (κ3) is 50.9. The Balaban J connectivity index is 3.68. The number of allylic oxidation sites excluding steroid dienone is 20. The molecule has 0 radical (unpaired) electrons. The lowest BCUT2D eigenvalue weighted by Crippen LogP contribution is -2.28. The van der Waals surface area contributed by atoms with E-state index in [1.807, 2.05) is 0 Å². The van der Waals surface area contributed by atoms with Gasteiger partial charge in [0.15, 0.2) is 6.10 Å². The molecule has 5 nitrogen and oxygen atoms in total. The summed E-state index contributed by atoms with van der Waals surface area (Å²) in [6.45, 7) is 3.99. The molecule has 0 amide bonds. The number of carbonyl (C=O) groups is 2. The average Bonchev–Trinajstić information content (AvgIpc) is 3.30. The number of unbranched alkanes of at least 4 members (excludes halogenated alkanes) is 18. The van der Waals surface area contributed by atoms with E-state index in [0.717, 1.165) is 103 Å². The molecule has 0 aromatic carbocycles. The standard InChI is InChI=1S/C59H96O5/c1-3-5-7-9-11-13-15-17-19-21-22-23-24-25-26-27-28-29-30-31-32-33-34-35-36-38-40-42-44-46-48-50-52-54-59(62)64-57(55-60)56-63-58(61)53-51-49-47-45-43-41-39-37-20-18-16-14-12-10-8-6-4-2/h5,7,11,13,17,19,22-23,25-26,28-29,31-32,34-35,38,40,44,46,57,60H,3-4,6,8-10,12,14-16,18,20-21,24,27,30,33,36-37,39,41-43,45,47-56H2,1-2H3/b7-5-,13-11-,19-17-,23-22-,26-25-,29-28-,32-31-,35-34-,40-38-,46-44-. The molecule has 1 N–H and O–H groups in total. The van der Waals surface area contributed by atoms with E-state index in [1.165, 1.54) is 89.9 Å². The maximum absolute atomic E-state index is 12.3. The summed E-state index contributed by atoms with van der Waals surface area (Å²) in [5.74, 6) is -0.645. The number of esters is 2. The minimum Gasteiger partial charge on any atom is -0.462 e. The maximum Gasteiger partial charge on any atom is 0.306 e. The molecule has 0 aromatic rings. The number of rotatable bonds is 46. The van der Waals surface area contributed by atoms with Gasteiger partial charge in [0.05, 0.1) is 6.61 Å². The van der Waals surface area contributed by atoms with Crippen LogP contribution in [0.5, 0.6) is 0 Å². The van der Waals surface area contributed by atoms with Gasteiger partial charge < -0.3 is 14.6 Å². The van der Waals surface area contributed by atoms with Gasteiger partial charge in [0.2, 0.25) is 0 Å². The Morgan fingerprint density at radius 1 is 0.375 bits per heavy atom. The predicted molar refractivity (Wildman–Crippen MR) is 278 cm³/mol. The van der Waals surface area contributed by atoms with Gasteiger partial charge in [-0.25, -0.2) is 0 Å². The van der Waals surface area contributed by atoms with Crippen LogP contribution < -0.4 is 0 Å². The SMILES string of the molecule is CC/C=C\C/C=C\C/C=C\C/C=C\C/C=C\C/C=C\C/C=C\C/C=C\C/C=C\C/C=C\CCCCC(=O)OC(CO)COC(=O)CCCCCCCCCCCCCCCCCCC. The Hall–Kier alpha value is -3.70. The van der Waals surface area contributed by atoms with Crippen LogP contribution in [0, 0.1) is 0 Å². The lowest BCUT2D eigenvalue weighted by Gasteiger charge is -2.15. The number of hydrogen-bond acceptors (Lipinski definition) is 5. The fraction of sp³-hybridized carbons (Fsp3) is 0.627. The second kappa shape index (κ2) is 53.6. The first-order chi connectivity index (χ1) is 31.6. The summed E-state index contributed by atoms with van der Waals surface area (Å²) in [5.41, 5.74) is 0. The van der Waals surface area contributed by atoms with Gasteiger partial charge in [0.25, 0.3) is 0 Å². The molecule has 0 heterocycles. The molecule has 0 spiro atoms. The molecular weight excluding hydrogens is 789 g/mol. The zero-order chi connectivity index (χ0) is 46.3. The van der Waals surface area contributed by atoms with Gasteiger partial charge in [-0.15, -0.1) is 0 Å². The van der Waals surface area contributed by atoms with Crippen LogP contribution in [-0.4, -0.2) is 36.4 Å². The summed E-state index contributed by atoms with van der Waals surface area (Å²) in [4.78, 5) is 24.4. The van der Waals surface area contributed by atoms with Gasteiger partial charge in [-0.3, -0.25) is 9.59 Å².